The van der Waals surface area contributed by atoms with Gasteiger partial charge in [0.15, 0.2) is 0 Å². The molecule has 0 aliphatic heterocycles. The number of aldehydes is 1. The van der Waals surface area contributed by atoms with E-state index in [4.69, 9.17) is 11.6 Å². The molecule has 3 heteroatoms. The molecule has 0 heterocycles. The minimum Gasteiger partial charge on any atom is -0.298 e. The monoisotopic (exact) mass is 272 g/mol. The summed E-state index contributed by atoms with van der Waals surface area (Å²) in [6.45, 7) is 1.95. The van der Waals surface area contributed by atoms with Crippen molar-refractivity contribution in [2.45, 2.75) is 13.3 Å². The fourth-order valence-electron chi connectivity index (χ4n) is 1.04. The maximum absolute atomic E-state index is 10.6. The van der Waals surface area contributed by atoms with Crippen molar-refractivity contribution in [2.24, 2.45) is 0 Å². The Bertz CT molecular complexity index is 372. The Hall–Kier alpha value is -0.600. The summed E-state index contributed by atoms with van der Waals surface area (Å²) < 4.78 is 0.901. The van der Waals surface area contributed by atoms with Crippen LogP contribution in [0.2, 0.25) is 5.02 Å². The summed E-state index contributed by atoms with van der Waals surface area (Å²) in [6, 6.07) is 5.49. The molecule has 0 N–H and O–H groups in total. The normalized spacial score (nSPS) is 11.5. The number of rotatable bonds is 3. The summed E-state index contributed by atoms with van der Waals surface area (Å²) in [4.78, 5) is 10.6. The Morgan fingerprint density at radius 1 is 1.57 bits per heavy atom. The van der Waals surface area contributed by atoms with Gasteiger partial charge in [-0.2, -0.15) is 0 Å². The summed E-state index contributed by atoms with van der Waals surface area (Å²) in [6.07, 6.45) is 3.47. The molecular weight excluding hydrogens is 263 g/mol. The number of carbonyl (C=O) groups excluding carboxylic acids is 1. The van der Waals surface area contributed by atoms with E-state index in [1.54, 1.807) is 6.07 Å². The van der Waals surface area contributed by atoms with Gasteiger partial charge >= 0.3 is 0 Å². The van der Waals surface area contributed by atoms with Gasteiger partial charge < -0.3 is 0 Å². The Morgan fingerprint density at radius 2 is 2.29 bits per heavy atom. The molecule has 0 saturated heterocycles. The van der Waals surface area contributed by atoms with Crippen molar-refractivity contribution >= 4 is 39.9 Å². The third-order valence-electron chi connectivity index (χ3n) is 1.86. The standard InChI is InChI=1S/C11H10BrClO/c1-2-8(7-14)5-9-3-4-10(13)6-11(9)12/h3-7H,2H2,1H3/b8-5+. The highest BCUT2D eigenvalue weighted by atomic mass is 79.9. The molecule has 1 rings (SSSR count). The molecule has 1 nitrogen and oxygen atoms in total. The van der Waals surface area contributed by atoms with Crippen LogP contribution in [0.5, 0.6) is 0 Å². The van der Waals surface area contributed by atoms with Crippen LogP contribution < -0.4 is 0 Å². The molecule has 0 aliphatic rings. The number of carbonyl (C=O) groups is 1. The maximum Gasteiger partial charge on any atom is 0.146 e. The van der Waals surface area contributed by atoms with Gasteiger partial charge in [-0.15, -0.1) is 0 Å². The fourth-order valence-corrected chi connectivity index (χ4v) is 1.83. The first-order valence-electron chi connectivity index (χ1n) is 4.28. The van der Waals surface area contributed by atoms with Crippen molar-refractivity contribution in [3.63, 3.8) is 0 Å². The lowest BCUT2D eigenvalue weighted by molar-refractivity contribution is -0.104. The number of hydrogen-bond acceptors (Lipinski definition) is 1. The quantitative estimate of drug-likeness (QED) is 0.599. The second kappa shape index (κ2) is 5.32. The van der Waals surface area contributed by atoms with Crippen molar-refractivity contribution in [3.8, 4) is 0 Å². The van der Waals surface area contributed by atoms with Gasteiger partial charge in [-0.05, 0) is 35.8 Å². The lowest BCUT2D eigenvalue weighted by Gasteiger charge is -2.00. The lowest BCUT2D eigenvalue weighted by atomic mass is 10.1. The molecule has 0 atom stereocenters. The Labute approximate surface area is 96.9 Å². The third-order valence-corrected chi connectivity index (χ3v) is 2.78. The molecule has 0 fully saturated rings. The Morgan fingerprint density at radius 3 is 2.79 bits per heavy atom. The van der Waals surface area contributed by atoms with E-state index in [2.05, 4.69) is 15.9 Å². The van der Waals surface area contributed by atoms with Crippen molar-refractivity contribution in [2.75, 3.05) is 0 Å². The smallest absolute Gasteiger partial charge is 0.146 e. The minimum absolute atomic E-state index is 0.679. The number of hydrogen-bond donors (Lipinski definition) is 0. The van der Waals surface area contributed by atoms with Crippen molar-refractivity contribution in [1.82, 2.24) is 0 Å². The van der Waals surface area contributed by atoms with E-state index in [0.717, 1.165) is 28.3 Å². The van der Waals surface area contributed by atoms with E-state index in [-0.39, 0.29) is 0 Å². The van der Waals surface area contributed by atoms with Gasteiger partial charge in [-0.1, -0.05) is 40.5 Å². The van der Waals surface area contributed by atoms with Crippen LogP contribution in [0.15, 0.2) is 28.2 Å². The third kappa shape index (κ3) is 2.96. The zero-order valence-corrected chi connectivity index (χ0v) is 10.1. The predicted octanol–water partition coefficient (Wildman–Crippen LogP) is 4.09. The first kappa shape index (κ1) is 11.5. The van der Waals surface area contributed by atoms with Gasteiger partial charge in [0.1, 0.15) is 6.29 Å². The van der Waals surface area contributed by atoms with Gasteiger partial charge in [-0.25, -0.2) is 0 Å². The second-order valence-corrected chi connectivity index (χ2v) is 4.15. The molecule has 74 valence electrons. The van der Waals surface area contributed by atoms with E-state index >= 15 is 0 Å². The highest BCUT2D eigenvalue weighted by Crippen LogP contribution is 2.23. The van der Waals surface area contributed by atoms with E-state index < -0.39 is 0 Å². The molecule has 1 aromatic carbocycles. The summed E-state index contributed by atoms with van der Waals surface area (Å²) in [7, 11) is 0. The summed E-state index contributed by atoms with van der Waals surface area (Å²) in [5.41, 5.74) is 1.74. The van der Waals surface area contributed by atoms with Crippen molar-refractivity contribution in [3.05, 3.63) is 38.8 Å². The molecule has 1 aromatic rings. The van der Waals surface area contributed by atoms with Crippen molar-refractivity contribution < 1.29 is 4.79 Å². The molecule has 0 radical (unpaired) electrons. The highest BCUT2D eigenvalue weighted by molar-refractivity contribution is 9.10. The average molecular weight is 274 g/mol. The van der Waals surface area contributed by atoms with Gasteiger partial charge in [0, 0.05) is 9.50 Å². The summed E-state index contributed by atoms with van der Waals surface area (Å²) >= 11 is 9.19. The van der Waals surface area contributed by atoms with Crippen LogP contribution in [0, 0.1) is 0 Å². The zero-order valence-electron chi connectivity index (χ0n) is 7.76. The molecule has 0 bridgehead atoms. The fraction of sp³-hybridized carbons (Fsp3) is 0.182. The molecule has 0 aromatic heterocycles. The van der Waals surface area contributed by atoms with Crippen LogP contribution in [0.1, 0.15) is 18.9 Å². The van der Waals surface area contributed by atoms with Crippen LogP contribution >= 0.6 is 27.5 Å². The van der Waals surface area contributed by atoms with Crippen LogP contribution in [0.4, 0.5) is 0 Å². The van der Waals surface area contributed by atoms with Gasteiger partial charge in [0.25, 0.3) is 0 Å². The minimum atomic E-state index is 0.679. The number of benzene rings is 1. The molecule has 0 unspecified atom stereocenters. The van der Waals surface area contributed by atoms with Gasteiger partial charge in [0.05, 0.1) is 0 Å². The molecular formula is C11H10BrClO. The lowest BCUT2D eigenvalue weighted by Crippen LogP contribution is -1.83. The summed E-state index contributed by atoms with van der Waals surface area (Å²) in [5.74, 6) is 0. The molecule has 0 aliphatic carbocycles. The van der Waals surface area contributed by atoms with Crippen LogP contribution in [0.25, 0.3) is 6.08 Å². The first-order valence-corrected chi connectivity index (χ1v) is 5.45. The van der Waals surface area contributed by atoms with Gasteiger partial charge in [0.2, 0.25) is 0 Å². The Kier molecular flexibility index (Phi) is 4.36. The predicted molar refractivity (Wildman–Crippen MR) is 63.5 cm³/mol. The topological polar surface area (TPSA) is 17.1 Å². The van der Waals surface area contributed by atoms with Crippen molar-refractivity contribution in [1.29, 1.82) is 0 Å². The van der Waals surface area contributed by atoms with E-state index in [9.17, 15) is 4.79 Å². The number of halogens is 2. The highest BCUT2D eigenvalue weighted by Gasteiger charge is 1.99. The molecule has 14 heavy (non-hydrogen) atoms. The molecule has 0 spiro atoms. The maximum atomic E-state index is 10.6. The first-order chi connectivity index (χ1) is 6.67. The van der Waals surface area contributed by atoms with Crippen LogP contribution in [0.3, 0.4) is 0 Å². The van der Waals surface area contributed by atoms with E-state index in [0.29, 0.717) is 5.02 Å². The van der Waals surface area contributed by atoms with Gasteiger partial charge in [-0.3, -0.25) is 4.79 Å². The summed E-state index contributed by atoms with van der Waals surface area (Å²) in [5, 5.41) is 0.679. The number of allylic oxidation sites excluding steroid dienone is 1. The molecule has 0 saturated carbocycles. The van der Waals surface area contributed by atoms with Crippen LogP contribution in [-0.4, -0.2) is 6.29 Å². The zero-order chi connectivity index (χ0) is 10.6. The SMILES string of the molecule is CC/C(C=O)=C\c1ccc(Cl)cc1Br. The average Bonchev–Trinajstić information content (AvgIpc) is 2.17. The Balaban J connectivity index is 3.08. The molecule has 0 amide bonds. The second-order valence-electron chi connectivity index (χ2n) is 2.86. The van der Waals surface area contributed by atoms with E-state index in [1.807, 2.05) is 25.1 Å². The largest absolute Gasteiger partial charge is 0.298 e. The van der Waals surface area contributed by atoms with E-state index in [1.165, 1.54) is 0 Å². The van der Waals surface area contributed by atoms with Crippen LogP contribution in [-0.2, 0) is 4.79 Å².